The van der Waals surface area contributed by atoms with Gasteiger partial charge >= 0.3 is 0 Å². The minimum absolute atomic E-state index is 0.0844. The fourth-order valence-corrected chi connectivity index (χ4v) is 2.73. The summed E-state index contributed by atoms with van der Waals surface area (Å²) in [6.45, 7) is 1.90. The van der Waals surface area contributed by atoms with Gasteiger partial charge < -0.3 is 9.64 Å². The molecule has 0 fully saturated rings. The summed E-state index contributed by atoms with van der Waals surface area (Å²) in [5, 5.41) is 18.2. The maximum Gasteiger partial charge on any atom is 0.275 e. The number of nitro groups is 1. The van der Waals surface area contributed by atoms with E-state index in [0.717, 1.165) is 11.3 Å². The molecule has 0 spiro atoms. The Morgan fingerprint density at radius 1 is 1.27 bits per heavy atom. The second-order valence-electron chi connectivity index (χ2n) is 5.92. The standard InChI is InChI=1S/C18H18N4O4/c1-11(12-4-7-14(26-3)8-5-12)21(2)18(23)17-15-10-13(22(24)25)6-9-16(15)19-20-17/h4-11H,1-3H3,(H,19,20). The monoisotopic (exact) mass is 354 g/mol. The predicted octanol–water partition coefficient (Wildman–Crippen LogP) is 3.31. The van der Waals surface area contributed by atoms with Gasteiger partial charge in [-0.3, -0.25) is 20.0 Å². The summed E-state index contributed by atoms with van der Waals surface area (Å²) < 4.78 is 5.14. The van der Waals surface area contributed by atoms with Crippen molar-refractivity contribution in [3.8, 4) is 5.75 Å². The van der Waals surface area contributed by atoms with Crippen LogP contribution in [0.3, 0.4) is 0 Å². The lowest BCUT2D eigenvalue weighted by Crippen LogP contribution is -2.30. The number of non-ortho nitro benzene ring substituents is 1. The van der Waals surface area contributed by atoms with Crippen molar-refractivity contribution in [2.45, 2.75) is 13.0 Å². The first-order valence-electron chi connectivity index (χ1n) is 7.96. The van der Waals surface area contributed by atoms with Crippen LogP contribution in [-0.4, -0.2) is 40.1 Å². The van der Waals surface area contributed by atoms with Crippen LogP contribution in [0.4, 0.5) is 5.69 Å². The Labute approximate surface area is 149 Å². The third-order valence-corrected chi connectivity index (χ3v) is 4.46. The number of nitro benzene ring substituents is 1. The molecule has 0 saturated heterocycles. The third kappa shape index (κ3) is 3.08. The molecule has 1 aromatic heterocycles. The topological polar surface area (TPSA) is 101 Å². The number of amides is 1. The molecule has 2 aromatic carbocycles. The van der Waals surface area contributed by atoms with E-state index in [-0.39, 0.29) is 23.3 Å². The zero-order valence-corrected chi connectivity index (χ0v) is 14.6. The van der Waals surface area contributed by atoms with Crippen molar-refractivity contribution in [3.05, 3.63) is 63.8 Å². The van der Waals surface area contributed by atoms with Crippen molar-refractivity contribution in [2.24, 2.45) is 0 Å². The molecule has 3 aromatic rings. The van der Waals surface area contributed by atoms with Gasteiger partial charge in [0.2, 0.25) is 0 Å². The SMILES string of the molecule is COc1ccc(C(C)N(C)C(=O)c2n[nH]c3ccc([N+](=O)[O-])cc23)cc1. The van der Waals surface area contributed by atoms with Crippen LogP contribution in [0.2, 0.25) is 0 Å². The molecular formula is C18H18N4O4. The van der Waals surface area contributed by atoms with Crippen molar-refractivity contribution < 1.29 is 14.5 Å². The summed E-state index contributed by atoms with van der Waals surface area (Å²) in [5.41, 5.74) is 1.59. The van der Waals surface area contributed by atoms with Gasteiger partial charge in [0.1, 0.15) is 5.75 Å². The summed E-state index contributed by atoms with van der Waals surface area (Å²) in [5.74, 6) is 0.417. The van der Waals surface area contributed by atoms with E-state index in [1.807, 2.05) is 31.2 Å². The number of benzene rings is 2. The molecule has 0 aliphatic heterocycles. The van der Waals surface area contributed by atoms with Crippen molar-refractivity contribution in [1.82, 2.24) is 15.1 Å². The number of carbonyl (C=O) groups is 1. The van der Waals surface area contributed by atoms with E-state index >= 15 is 0 Å². The number of H-pyrrole nitrogens is 1. The van der Waals surface area contributed by atoms with E-state index in [9.17, 15) is 14.9 Å². The quantitative estimate of drug-likeness (QED) is 0.559. The number of nitrogens with zero attached hydrogens (tertiary/aromatic N) is 3. The van der Waals surface area contributed by atoms with E-state index < -0.39 is 4.92 Å². The fraction of sp³-hybridized carbons (Fsp3) is 0.222. The van der Waals surface area contributed by atoms with Crippen molar-refractivity contribution in [2.75, 3.05) is 14.2 Å². The summed E-state index contributed by atoms with van der Waals surface area (Å²) in [6.07, 6.45) is 0. The lowest BCUT2D eigenvalue weighted by Gasteiger charge is -2.24. The minimum atomic E-state index is -0.496. The van der Waals surface area contributed by atoms with Crippen LogP contribution >= 0.6 is 0 Å². The average Bonchev–Trinajstić information content (AvgIpc) is 3.09. The van der Waals surface area contributed by atoms with Gasteiger partial charge in [-0.1, -0.05) is 12.1 Å². The first kappa shape index (κ1) is 17.4. The Morgan fingerprint density at radius 3 is 2.58 bits per heavy atom. The third-order valence-electron chi connectivity index (χ3n) is 4.46. The number of hydrogen-bond acceptors (Lipinski definition) is 5. The molecule has 0 aliphatic carbocycles. The highest BCUT2D eigenvalue weighted by Crippen LogP contribution is 2.26. The molecule has 0 saturated carbocycles. The first-order valence-corrected chi connectivity index (χ1v) is 7.96. The van der Waals surface area contributed by atoms with Crippen LogP contribution in [0.25, 0.3) is 10.9 Å². The van der Waals surface area contributed by atoms with E-state index in [2.05, 4.69) is 10.2 Å². The highest BCUT2D eigenvalue weighted by molar-refractivity contribution is 6.05. The number of nitrogens with one attached hydrogen (secondary N) is 1. The fourth-order valence-electron chi connectivity index (χ4n) is 2.73. The predicted molar refractivity (Wildman–Crippen MR) is 96.3 cm³/mol. The highest BCUT2D eigenvalue weighted by atomic mass is 16.6. The molecule has 1 heterocycles. The van der Waals surface area contributed by atoms with Crippen LogP contribution in [0.1, 0.15) is 29.0 Å². The number of fused-ring (bicyclic) bond motifs is 1. The first-order chi connectivity index (χ1) is 12.4. The second-order valence-corrected chi connectivity index (χ2v) is 5.92. The van der Waals surface area contributed by atoms with Gasteiger partial charge in [-0.2, -0.15) is 5.10 Å². The van der Waals surface area contributed by atoms with Crippen molar-refractivity contribution in [3.63, 3.8) is 0 Å². The van der Waals surface area contributed by atoms with E-state index in [4.69, 9.17) is 4.74 Å². The molecule has 8 heteroatoms. The normalized spacial score (nSPS) is 12.0. The lowest BCUT2D eigenvalue weighted by molar-refractivity contribution is -0.384. The molecule has 0 bridgehead atoms. The van der Waals surface area contributed by atoms with E-state index in [1.165, 1.54) is 12.1 Å². The van der Waals surface area contributed by atoms with Gasteiger partial charge in [0.25, 0.3) is 11.6 Å². The Bertz CT molecular complexity index is 965. The van der Waals surface area contributed by atoms with Gasteiger partial charge in [-0.15, -0.1) is 0 Å². The Balaban J connectivity index is 1.91. The number of hydrogen-bond donors (Lipinski definition) is 1. The van der Waals surface area contributed by atoms with Crippen molar-refractivity contribution >= 4 is 22.5 Å². The van der Waals surface area contributed by atoms with Crippen LogP contribution in [0, 0.1) is 10.1 Å². The molecule has 3 rings (SSSR count). The number of aromatic nitrogens is 2. The maximum absolute atomic E-state index is 12.9. The maximum atomic E-state index is 12.9. The average molecular weight is 354 g/mol. The number of methoxy groups -OCH3 is 1. The molecule has 8 nitrogen and oxygen atoms in total. The summed E-state index contributed by atoms with van der Waals surface area (Å²) in [7, 11) is 3.27. The summed E-state index contributed by atoms with van der Waals surface area (Å²) >= 11 is 0. The van der Waals surface area contributed by atoms with Crippen LogP contribution in [0.5, 0.6) is 5.75 Å². The molecule has 1 atom stereocenters. The summed E-state index contributed by atoms with van der Waals surface area (Å²) in [4.78, 5) is 24.9. The van der Waals surface area contributed by atoms with Crippen LogP contribution < -0.4 is 4.74 Å². The molecule has 1 unspecified atom stereocenters. The lowest BCUT2D eigenvalue weighted by atomic mass is 10.1. The van der Waals surface area contributed by atoms with Crippen molar-refractivity contribution in [1.29, 1.82) is 0 Å². The number of ether oxygens (including phenoxy) is 1. The summed E-state index contributed by atoms with van der Waals surface area (Å²) in [6, 6.07) is 11.5. The largest absolute Gasteiger partial charge is 0.497 e. The zero-order chi connectivity index (χ0) is 18.8. The second kappa shape index (κ2) is 6.83. The van der Waals surface area contributed by atoms with Gasteiger partial charge in [0.05, 0.1) is 23.6 Å². The molecule has 26 heavy (non-hydrogen) atoms. The van der Waals surface area contributed by atoms with Gasteiger partial charge in [0, 0.05) is 24.6 Å². The minimum Gasteiger partial charge on any atom is -0.497 e. The van der Waals surface area contributed by atoms with Gasteiger partial charge in [-0.25, -0.2) is 0 Å². The number of rotatable bonds is 5. The number of aromatic amines is 1. The molecular weight excluding hydrogens is 336 g/mol. The highest BCUT2D eigenvalue weighted by Gasteiger charge is 2.24. The van der Waals surface area contributed by atoms with Crippen LogP contribution in [-0.2, 0) is 0 Å². The van der Waals surface area contributed by atoms with Crippen LogP contribution in [0.15, 0.2) is 42.5 Å². The van der Waals surface area contributed by atoms with E-state index in [1.54, 1.807) is 25.1 Å². The Morgan fingerprint density at radius 2 is 1.96 bits per heavy atom. The van der Waals surface area contributed by atoms with Gasteiger partial charge in [0.15, 0.2) is 5.69 Å². The van der Waals surface area contributed by atoms with Gasteiger partial charge in [-0.05, 0) is 30.7 Å². The zero-order valence-electron chi connectivity index (χ0n) is 14.6. The van der Waals surface area contributed by atoms with E-state index in [0.29, 0.717) is 10.9 Å². The Hall–Kier alpha value is -3.42. The molecule has 1 N–H and O–H groups in total. The molecule has 0 aliphatic rings. The molecule has 134 valence electrons. The molecule has 0 radical (unpaired) electrons. The smallest absolute Gasteiger partial charge is 0.275 e. The Kier molecular flexibility index (Phi) is 4.57. The number of carbonyl (C=O) groups excluding carboxylic acids is 1. The molecule has 1 amide bonds.